The maximum absolute atomic E-state index is 11.9. The van der Waals surface area contributed by atoms with Gasteiger partial charge in [-0.2, -0.15) is 0 Å². The van der Waals surface area contributed by atoms with E-state index < -0.39 is 17.5 Å². The lowest BCUT2D eigenvalue weighted by molar-refractivity contribution is -0.144. The number of ether oxygens (including phenoxy) is 1. The number of anilines is 1. The Morgan fingerprint density at radius 2 is 2.00 bits per heavy atom. The van der Waals surface area contributed by atoms with Gasteiger partial charge in [0.15, 0.2) is 0 Å². The summed E-state index contributed by atoms with van der Waals surface area (Å²) in [5, 5.41) is 14.3. The zero-order chi connectivity index (χ0) is 15.2. The summed E-state index contributed by atoms with van der Waals surface area (Å²) in [5.41, 5.74) is -0.806. The molecule has 1 aromatic rings. The zero-order valence-electron chi connectivity index (χ0n) is 11.8. The molecule has 0 saturated heterocycles. The van der Waals surface area contributed by atoms with Gasteiger partial charge >= 0.3 is 12.0 Å². The zero-order valence-corrected chi connectivity index (χ0v) is 11.8. The fourth-order valence-corrected chi connectivity index (χ4v) is 1.74. The van der Waals surface area contributed by atoms with Crippen molar-refractivity contribution < 1.29 is 19.4 Å². The Balaban J connectivity index is 2.72. The molecule has 7 nitrogen and oxygen atoms in total. The Kier molecular flexibility index (Phi) is 5.31. The number of rotatable bonds is 6. The predicted molar refractivity (Wildman–Crippen MR) is 73.9 cm³/mol. The van der Waals surface area contributed by atoms with Crippen molar-refractivity contribution in [2.75, 3.05) is 12.4 Å². The number of hydrogen-bond donors (Lipinski definition) is 3. The second-order valence-electron chi connectivity index (χ2n) is 4.26. The van der Waals surface area contributed by atoms with Gasteiger partial charge in [0.1, 0.15) is 5.54 Å². The number of amides is 2. The molecule has 0 aromatic carbocycles. The van der Waals surface area contributed by atoms with Crippen LogP contribution in [0.4, 0.5) is 10.5 Å². The number of aromatic nitrogens is 1. The van der Waals surface area contributed by atoms with Gasteiger partial charge in [0.25, 0.3) is 0 Å². The molecule has 0 saturated carbocycles. The van der Waals surface area contributed by atoms with E-state index in [4.69, 9.17) is 4.74 Å². The highest BCUT2D eigenvalue weighted by molar-refractivity contribution is 5.93. The number of carbonyl (C=O) groups is 2. The quantitative estimate of drug-likeness (QED) is 0.738. The minimum absolute atomic E-state index is 0.299. The van der Waals surface area contributed by atoms with Crippen LogP contribution in [-0.4, -0.2) is 34.7 Å². The van der Waals surface area contributed by atoms with Crippen LogP contribution in [0.5, 0.6) is 5.88 Å². The summed E-state index contributed by atoms with van der Waals surface area (Å²) in [6.07, 6.45) is 2.03. The molecule has 0 aliphatic heterocycles. The Hall–Kier alpha value is -2.31. The van der Waals surface area contributed by atoms with E-state index in [-0.39, 0.29) is 0 Å². The summed E-state index contributed by atoms with van der Waals surface area (Å²) >= 11 is 0. The molecule has 0 fully saturated rings. The van der Waals surface area contributed by atoms with Crippen molar-refractivity contribution >= 4 is 17.7 Å². The number of pyridine rings is 1. The number of hydrogen-bond acceptors (Lipinski definition) is 4. The maximum Gasteiger partial charge on any atom is 0.329 e. The van der Waals surface area contributed by atoms with Crippen LogP contribution in [0.15, 0.2) is 18.3 Å². The number of carboxylic acids is 1. The summed E-state index contributed by atoms with van der Waals surface area (Å²) in [6.45, 7) is 3.43. The number of nitrogens with zero attached hydrogens (tertiary/aromatic N) is 1. The molecule has 0 bridgehead atoms. The number of nitrogens with one attached hydrogen (secondary N) is 2. The molecule has 0 unspecified atom stereocenters. The van der Waals surface area contributed by atoms with Crippen LogP contribution < -0.4 is 15.4 Å². The van der Waals surface area contributed by atoms with Gasteiger partial charge in [-0.25, -0.2) is 14.6 Å². The van der Waals surface area contributed by atoms with E-state index >= 15 is 0 Å². The van der Waals surface area contributed by atoms with E-state index in [1.165, 1.54) is 13.3 Å². The lowest BCUT2D eigenvalue weighted by Gasteiger charge is -2.28. The molecule has 1 heterocycles. The molecule has 7 heteroatoms. The molecule has 0 radical (unpaired) electrons. The normalized spacial score (nSPS) is 10.8. The number of carbonyl (C=O) groups excluding carboxylic acids is 1. The van der Waals surface area contributed by atoms with Crippen molar-refractivity contribution in [2.24, 2.45) is 0 Å². The monoisotopic (exact) mass is 281 g/mol. The van der Waals surface area contributed by atoms with Crippen molar-refractivity contribution in [2.45, 2.75) is 32.2 Å². The van der Waals surface area contributed by atoms with E-state index in [0.29, 0.717) is 24.4 Å². The van der Waals surface area contributed by atoms with E-state index in [1.54, 1.807) is 26.0 Å². The Bertz CT molecular complexity index is 469. The van der Waals surface area contributed by atoms with Crippen LogP contribution in [-0.2, 0) is 4.79 Å². The standard InChI is InChI=1S/C13H19N3O4/c1-4-13(5-2,11(17)18)16-12(19)15-9-6-7-10(20-3)14-8-9/h6-8H,4-5H2,1-3H3,(H,17,18)(H2,15,16,19). The van der Waals surface area contributed by atoms with Crippen molar-refractivity contribution in [1.29, 1.82) is 0 Å². The number of carboxylic acid groups (broad SMARTS) is 1. The van der Waals surface area contributed by atoms with Gasteiger partial charge in [-0.3, -0.25) is 0 Å². The molecule has 110 valence electrons. The van der Waals surface area contributed by atoms with Gasteiger partial charge in [-0.15, -0.1) is 0 Å². The average Bonchev–Trinajstić information content (AvgIpc) is 2.45. The van der Waals surface area contributed by atoms with Gasteiger partial charge in [-0.05, 0) is 18.9 Å². The first-order valence-corrected chi connectivity index (χ1v) is 6.30. The Labute approximate surface area is 117 Å². The summed E-state index contributed by atoms with van der Waals surface area (Å²) in [4.78, 5) is 27.1. The average molecular weight is 281 g/mol. The minimum atomic E-state index is -1.26. The molecule has 1 aromatic heterocycles. The predicted octanol–water partition coefficient (Wildman–Crippen LogP) is 1.86. The molecule has 0 aliphatic rings. The second-order valence-corrected chi connectivity index (χ2v) is 4.26. The van der Waals surface area contributed by atoms with Crippen molar-refractivity contribution in [1.82, 2.24) is 10.3 Å². The van der Waals surface area contributed by atoms with Gasteiger partial charge in [-0.1, -0.05) is 13.8 Å². The van der Waals surface area contributed by atoms with Crippen LogP contribution in [0.2, 0.25) is 0 Å². The summed E-state index contributed by atoms with van der Waals surface area (Å²) < 4.78 is 4.90. The second kappa shape index (κ2) is 6.74. The highest BCUT2D eigenvalue weighted by atomic mass is 16.5. The lowest BCUT2D eigenvalue weighted by Crippen LogP contribution is -2.54. The Morgan fingerprint density at radius 3 is 2.40 bits per heavy atom. The molecule has 3 N–H and O–H groups in total. The number of methoxy groups -OCH3 is 1. The lowest BCUT2D eigenvalue weighted by atomic mass is 9.93. The van der Waals surface area contributed by atoms with Gasteiger partial charge in [0.2, 0.25) is 5.88 Å². The van der Waals surface area contributed by atoms with Crippen LogP contribution in [0.1, 0.15) is 26.7 Å². The molecule has 20 heavy (non-hydrogen) atoms. The van der Waals surface area contributed by atoms with Crippen molar-refractivity contribution in [3.8, 4) is 5.88 Å². The van der Waals surface area contributed by atoms with Gasteiger partial charge in [0, 0.05) is 6.07 Å². The fourth-order valence-electron chi connectivity index (χ4n) is 1.74. The first kappa shape index (κ1) is 15.7. The van der Waals surface area contributed by atoms with Gasteiger partial charge < -0.3 is 20.5 Å². The summed E-state index contributed by atoms with van der Waals surface area (Å²) in [5.74, 6) is -0.622. The van der Waals surface area contributed by atoms with Gasteiger partial charge in [0.05, 0.1) is 19.0 Å². The fraction of sp³-hybridized carbons (Fsp3) is 0.462. The maximum atomic E-state index is 11.9. The third kappa shape index (κ3) is 3.59. The first-order valence-electron chi connectivity index (χ1n) is 6.30. The van der Waals surface area contributed by atoms with E-state index in [1.807, 2.05) is 0 Å². The topological polar surface area (TPSA) is 101 Å². The SMILES string of the molecule is CCC(CC)(NC(=O)Nc1ccc(OC)nc1)C(=O)O. The Morgan fingerprint density at radius 1 is 1.35 bits per heavy atom. The molecular formula is C13H19N3O4. The van der Waals surface area contributed by atoms with Crippen LogP contribution in [0.3, 0.4) is 0 Å². The van der Waals surface area contributed by atoms with E-state index in [0.717, 1.165) is 0 Å². The van der Waals surface area contributed by atoms with E-state index in [2.05, 4.69) is 15.6 Å². The molecule has 2 amide bonds. The van der Waals surface area contributed by atoms with Crippen molar-refractivity contribution in [3.63, 3.8) is 0 Å². The number of aliphatic carboxylic acids is 1. The van der Waals surface area contributed by atoms with Crippen molar-refractivity contribution in [3.05, 3.63) is 18.3 Å². The first-order chi connectivity index (χ1) is 9.47. The molecular weight excluding hydrogens is 262 g/mol. The molecule has 0 aliphatic carbocycles. The smallest absolute Gasteiger partial charge is 0.329 e. The summed E-state index contributed by atoms with van der Waals surface area (Å²) in [6, 6.07) is 2.63. The molecule has 0 atom stereocenters. The summed E-state index contributed by atoms with van der Waals surface area (Å²) in [7, 11) is 1.49. The van der Waals surface area contributed by atoms with Crippen LogP contribution in [0, 0.1) is 0 Å². The third-order valence-corrected chi connectivity index (χ3v) is 3.17. The largest absolute Gasteiger partial charge is 0.481 e. The minimum Gasteiger partial charge on any atom is -0.481 e. The highest BCUT2D eigenvalue weighted by Crippen LogP contribution is 2.16. The molecule has 1 rings (SSSR count). The molecule has 0 spiro atoms. The highest BCUT2D eigenvalue weighted by Gasteiger charge is 2.36. The van der Waals surface area contributed by atoms with E-state index in [9.17, 15) is 14.7 Å². The third-order valence-electron chi connectivity index (χ3n) is 3.17. The van der Waals surface area contributed by atoms with Crippen LogP contribution >= 0.6 is 0 Å². The van der Waals surface area contributed by atoms with Crippen LogP contribution in [0.25, 0.3) is 0 Å². The number of urea groups is 1.